The number of hydrogen-bond donors (Lipinski definition) is 2. The fourth-order valence-corrected chi connectivity index (χ4v) is 0.916. The topological polar surface area (TPSA) is 49.3 Å². The van der Waals surface area contributed by atoms with Crippen molar-refractivity contribution in [2.45, 2.75) is 39.7 Å². The van der Waals surface area contributed by atoms with Gasteiger partial charge in [0.2, 0.25) is 0 Å². The molecule has 0 aromatic heterocycles. The molecule has 0 aliphatic rings. The van der Waals surface area contributed by atoms with E-state index >= 15 is 0 Å². The Labute approximate surface area is 74.2 Å². The van der Waals surface area contributed by atoms with E-state index in [1.807, 2.05) is 0 Å². The highest BCUT2D eigenvalue weighted by molar-refractivity contribution is 5.72. The Kier molecular flexibility index (Phi) is 5.72. The van der Waals surface area contributed by atoms with E-state index in [0.717, 1.165) is 19.4 Å². The van der Waals surface area contributed by atoms with E-state index in [9.17, 15) is 4.79 Å². The first-order valence-electron chi connectivity index (χ1n) is 4.50. The zero-order chi connectivity index (χ0) is 9.56. The molecule has 3 nitrogen and oxygen atoms in total. The lowest BCUT2D eigenvalue weighted by molar-refractivity contribution is -0.138. The van der Waals surface area contributed by atoms with Gasteiger partial charge in [0.1, 0.15) is 6.04 Å². The van der Waals surface area contributed by atoms with Crippen LogP contribution < -0.4 is 5.32 Å². The smallest absolute Gasteiger partial charge is 0.320 e. The molecule has 2 N–H and O–H groups in total. The molecule has 1 atom stereocenters. The first kappa shape index (κ1) is 11.4. The summed E-state index contributed by atoms with van der Waals surface area (Å²) in [5, 5.41) is 11.5. The van der Waals surface area contributed by atoms with Crippen LogP contribution in [0.3, 0.4) is 0 Å². The van der Waals surface area contributed by atoms with Crippen molar-refractivity contribution in [1.82, 2.24) is 5.32 Å². The summed E-state index contributed by atoms with van der Waals surface area (Å²) in [6.07, 6.45) is 2.20. The summed E-state index contributed by atoms with van der Waals surface area (Å²) in [6.45, 7) is 6.80. The van der Waals surface area contributed by atoms with Crippen molar-refractivity contribution in [1.29, 1.82) is 0 Å². The number of rotatable bonds is 6. The molecule has 0 heterocycles. The lowest BCUT2D eigenvalue weighted by Crippen LogP contribution is -2.34. The van der Waals surface area contributed by atoms with Crippen molar-refractivity contribution in [2.24, 2.45) is 5.92 Å². The third kappa shape index (κ3) is 6.16. The zero-order valence-electron chi connectivity index (χ0n) is 8.13. The quantitative estimate of drug-likeness (QED) is 0.598. The van der Waals surface area contributed by atoms with Gasteiger partial charge in [0.25, 0.3) is 0 Å². The number of carbonyl (C=O) groups is 1. The molecular weight excluding hydrogens is 154 g/mol. The molecule has 0 aromatic carbocycles. The van der Waals surface area contributed by atoms with Crippen LogP contribution in [0.4, 0.5) is 0 Å². The van der Waals surface area contributed by atoms with Crippen LogP contribution in [0.15, 0.2) is 0 Å². The highest BCUT2D eigenvalue weighted by Crippen LogP contribution is 2.01. The minimum atomic E-state index is -0.778. The van der Waals surface area contributed by atoms with E-state index in [1.165, 1.54) is 0 Å². The van der Waals surface area contributed by atoms with Gasteiger partial charge in [-0.3, -0.25) is 4.79 Å². The Balaban J connectivity index is 3.25. The molecule has 0 aromatic rings. The second-order valence-electron chi connectivity index (χ2n) is 3.55. The molecule has 0 spiro atoms. The van der Waals surface area contributed by atoms with Crippen LogP contribution in [0.2, 0.25) is 0 Å². The van der Waals surface area contributed by atoms with Gasteiger partial charge in [0.15, 0.2) is 0 Å². The van der Waals surface area contributed by atoms with Gasteiger partial charge in [-0.2, -0.15) is 0 Å². The SMILES string of the molecule is CC(C)CCCN[C@H](C)C(=O)O. The Bertz CT molecular complexity index is 134. The van der Waals surface area contributed by atoms with Gasteiger partial charge in [-0.05, 0) is 32.2 Å². The van der Waals surface area contributed by atoms with Crippen LogP contribution in [-0.4, -0.2) is 23.7 Å². The minimum Gasteiger partial charge on any atom is -0.480 e. The first-order valence-corrected chi connectivity index (χ1v) is 4.50. The van der Waals surface area contributed by atoms with Crippen LogP contribution in [0, 0.1) is 5.92 Å². The summed E-state index contributed by atoms with van der Waals surface area (Å²) in [7, 11) is 0. The van der Waals surface area contributed by atoms with Gasteiger partial charge in [0, 0.05) is 0 Å². The van der Waals surface area contributed by atoms with Crippen molar-refractivity contribution in [3.63, 3.8) is 0 Å². The Hall–Kier alpha value is -0.570. The molecule has 12 heavy (non-hydrogen) atoms. The van der Waals surface area contributed by atoms with Crippen LogP contribution in [-0.2, 0) is 4.79 Å². The van der Waals surface area contributed by atoms with Gasteiger partial charge in [-0.25, -0.2) is 0 Å². The van der Waals surface area contributed by atoms with Crippen LogP contribution in [0.1, 0.15) is 33.6 Å². The predicted molar refractivity (Wildman–Crippen MR) is 49.2 cm³/mol. The van der Waals surface area contributed by atoms with E-state index < -0.39 is 12.0 Å². The van der Waals surface area contributed by atoms with Crippen molar-refractivity contribution in [3.05, 3.63) is 0 Å². The van der Waals surface area contributed by atoms with Gasteiger partial charge in [-0.1, -0.05) is 13.8 Å². The molecular formula is C9H19NO2. The maximum absolute atomic E-state index is 10.4. The number of hydrogen-bond acceptors (Lipinski definition) is 2. The molecule has 0 bridgehead atoms. The molecule has 0 fully saturated rings. The summed E-state index contributed by atoms with van der Waals surface area (Å²) in [6, 6.07) is -0.419. The van der Waals surface area contributed by atoms with E-state index in [4.69, 9.17) is 5.11 Å². The van der Waals surface area contributed by atoms with Crippen molar-refractivity contribution in [3.8, 4) is 0 Å². The third-order valence-electron chi connectivity index (χ3n) is 1.78. The standard InChI is InChI=1S/C9H19NO2/c1-7(2)5-4-6-10-8(3)9(11)12/h7-8,10H,4-6H2,1-3H3,(H,11,12)/t8-/m1/s1. The lowest BCUT2D eigenvalue weighted by Gasteiger charge is -2.09. The molecule has 72 valence electrons. The van der Waals surface area contributed by atoms with Crippen LogP contribution in [0.25, 0.3) is 0 Å². The maximum Gasteiger partial charge on any atom is 0.320 e. The lowest BCUT2D eigenvalue weighted by atomic mass is 10.1. The molecule has 3 heteroatoms. The average molecular weight is 173 g/mol. The maximum atomic E-state index is 10.4. The number of nitrogens with one attached hydrogen (secondary N) is 1. The van der Waals surface area contributed by atoms with Gasteiger partial charge in [-0.15, -0.1) is 0 Å². The van der Waals surface area contributed by atoms with E-state index in [0.29, 0.717) is 5.92 Å². The van der Waals surface area contributed by atoms with Crippen molar-refractivity contribution in [2.75, 3.05) is 6.54 Å². The number of carboxylic acids is 1. The molecule has 0 amide bonds. The highest BCUT2D eigenvalue weighted by atomic mass is 16.4. The van der Waals surface area contributed by atoms with Crippen molar-refractivity contribution >= 4 is 5.97 Å². The van der Waals surface area contributed by atoms with Gasteiger partial charge in [0.05, 0.1) is 0 Å². The molecule has 0 rings (SSSR count). The molecule has 0 saturated heterocycles. The fourth-order valence-electron chi connectivity index (χ4n) is 0.916. The monoisotopic (exact) mass is 173 g/mol. The highest BCUT2D eigenvalue weighted by Gasteiger charge is 2.08. The van der Waals surface area contributed by atoms with Crippen molar-refractivity contribution < 1.29 is 9.90 Å². The largest absolute Gasteiger partial charge is 0.480 e. The summed E-state index contributed by atoms with van der Waals surface area (Å²) >= 11 is 0. The van der Waals surface area contributed by atoms with E-state index in [-0.39, 0.29) is 0 Å². The zero-order valence-corrected chi connectivity index (χ0v) is 8.13. The summed E-state index contributed by atoms with van der Waals surface area (Å²) in [4.78, 5) is 10.4. The normalized spacial score (nSPS) is 13.3. The summed E-state index contributed by atoms with van der Waals surface area (Å²) < 4.78 is 0. The third-order valence-corrected chi connectivity index (χ3v) is 1.78. The Morgan fingerprint density at radius 2 is 2.00 bits per heavy atom. The molecule has 0 radical (unpaired) electrons. The number of carboxylic acid groups (broad SMARTS) is 1. The van der Waals surface area contributed by atoms with Gasteiger partial charge >= 0.3 is 5.97 Å². The average Bonchev–Trinajstić information content (AvgIpc) is 1.97. The van der Waals surface area contributed by atoms with E-state index in [1.54, 1.807) is 6.92 Å². The second kappa shape index (κ2) is 6.00. The predicted octanol–water partition coefficient (Wildman–Crippen LogP) is 1.49. The summed E-state index contributed by atoms with van der Waals surface area (Å²) in [5.41, 5.74) is 0. The van der Waals surface area contributed by atoms with Crippen LogP contribution in [0.5, 0.6) is 0 Å². The minimum absolute atomic E-state index is 0.419. The van der Waals surface area contributed by atoms with Gasteiger partial charge < -0.3 is 10.4 Å². The molecule has 0 aliphatic carbocycles. The molecule has 0 saturated carbocycles. The van der Waals surface area contributed by atoms with E-state index in [2.05, 4.69) is 19.2 Å². The first-order chi connectivity index (χ1) is 5.54. The fraction of sp³-hybridized carbons (Fsp3) is 0.889. The summed E-state index contributed by atoms with van der Waals surface area (Å²) in [5.74, 6) is -0.0773. The molecule has 0 unspecified atom stereocenters. The Morgan fingerprint density at radius 3 is 2.42 bits per heavy atom. The number of aliphatic carboxylic acids is 1. The molecule has 0 aliphatic heterocycles. The van der Waals surface area contributed by atoms with Crippen LogP contribution >= 0.6 is 0 Å². The second-order valence-corrected chi connectivity index (χ2v) is 3.55. The Morgan fingerprint density at radius 1 is 1.42 bits per heavy atom.